The molecule has 3 aliphatic rings. The third-order valence-corrected chi connectivity index (χ3v) is 7.86. The monoisotopic (exact) mass is 424 g/mol. The van der Waals surface area contributed by atoms with E-state index < -0.39 is 0 Å². The van der Waals surface area contributed by atoms with Crippen LogP contribution in [0.15, 0.2) is 72.8 Å². The van der Waals surface area contributed by atoms with Crippen LogP contribution in [-0.2, 0) is 0 Å². The summed E-state index contributed by atoms with van der Waals surface area (Å²) < 4.78 is 5.21. The van der Waals surface area contributed by atoms with Crippen molar-refractivity contribution in [3.05, 3.63) is 89.5 Å². The van der Waals surface area contributed by atoms with Crippen molar-refractivity contribution in [1.82, 2.24) is 0 Å². The van der Waals surface area contributed by atoms with Gasteiger partial charge in [0.25, 0.3) is 5.91 Å². The summed E-state index contributed by atoms with van der Waals surface area (Å²) in [5.41, 5.74) is 5.39. The molecule has 32 heavy (non-hydrogen) atoms. The molecule has 2 bridgehead atoms. The van der Waals surface area contributed by atoms with E-state index in [1.165, 1.54) is 36.1 Å². The average molecular weight is 425 g/mol. The van der Waals surface area contributed by atoms with Crippen molar-refractivity contribution in [1.29, 1.82) is 0 Å². The van der Waals surface area contributed by atoms with Crippen molar-refractivity contribution < 1.29 is 9.53 Å². The van der Waals surface area contributed by atoms with E-state index in [0.29, 0.717) is 17.9 Å². The SMILES string of the molecule is COc1ccc(NC(=O)c2ccc3c(c2)[C@@H]2[C@H]4CC[C@@H](C4)[C@H]2[C@H](c2ccccc2)N3)cc1. The zero-order valence-corrected chi connectivity index (χ0v) is 18.3. The lowest BCUT2D eigenvalue weighted by atomic mass is 9.68. The molecule has 0 radical (unpaired) electrons. The van der Waals surface area contributed by atoms with Gasteiger partial charge >= 0.3 is 0 Å². The molecule has 4 heteroatoms. The first-order valence-corrected chi connectivity index (χ1v) is 11.6. The highest BCUT2D eigenvalue weighted by molar-refractivity contribution is 6.04. The molecule has 1 heterocycles. The van der Waals surface area contributed by atoms with Crippen LogP contribution in [0.4, 0.5) is 11.4 Å². The quantitative estimate of drug-likeness (QED) is 0.521. The first kappa shape index (κ1) is 19.4. The minimum atomic E-state index is -0.0668. The Morgan fingerprint density at radius 1 is 0.969 bits per heavy atom. The molecule has 162 valence electrons. The third kappa shape index (κ3) is 3.17. The number of methoxy groups -OCH3 is 1. The number of anilines is 2. The van der Waals surface area contributed by atoms with Crippen molar-refractivity contribution in [2.45, 2.75) is 31.2 Å². The lowest BCUT2D eigenvalue weighted by Crippen LogP contribution is -2.35. The normalized spacial score (nSPS) is 27.2. The highest BCUT2D eigenvalue weighted by Crippen LogP contribution is 2.63. The molecule has 5 atom stereocenters. The van der Waals surface area contributed by atoms with E-state index in [9.17, 15) is 4.79 Å². The summed E-state index contributed by atoms with van der Waals surface area (Å²) in [6.45, 7) is 0. The second kappa shape index (κ2) is 7.70. The Kier molecular flexibility index (Phi) is 4.67. The molecular weight excluding hydrogens is 396 g/mol. The Bertz CT molecular complexity index is 1140. The highest BCUT2D eigenvalue weighted by Gasteiger charge is 2.53. The van der Waals surface area contributed by atoms with Crippen molar-refractivity contribution in [3.8, 4) is 5.75 Å². The summed E-state index contributed by atoms with van der Waals surface area (Å²) in [5, 5.41) is 6.88. The smallest absolute Gasteiger partial charge is 0.255 e. The lowest BCUT2D eigenvalue weighted by Gasteiger charge is -2.43. The number of hydrogen-bond donors (Lipinski definition) is 2. The molecule has 1 aliphatic heterocycles. The number of carbonyl (C=O) groups excluding carboxylic acids is 1. The fraction of sp³-hybridized carbons (Fsp3) is 0.321. The van der Waals surface area contributed by atoms with E-state index in [1.807, 2.05) is 30.3 Å². The fourth-order valence-corrected chi connectivity index (χ4v) is 6.50. The number of amides is 1. The van der Waals surface area contributed by atoms with Crippen LogP contribution in [0.1, 0.15) is 52.7 Å². The van der Waals surface area contributed by atoms with E-state index >= 15 is 0 Å². The standard InChI is InChI=1S/C28H28N2O2/c1-32-22-12-10-21(11-13-22)29-28(31)20-9-14-24-23(16-20)25-18-7-8-19(15-18)26(25)27(30-24)17-5-3-2-4-6-17/h2-6,9-14,16,18-19,25-27,30H,7-8,15H2,1H3,(H,29,31)/t18-,19-,25-,26+,27-/m0/s1. The zero-order chi connectivity index (χ0) is 21.7. The number of nitrogens with one attached hydrogen (secondary N) is 2. The first-order chi connectivity index (χ1) is 15.7. The molecule has 0 spiro atoms. The molecule has 2 saturated carbocycles. The van der Waals surface area contributed by atoms with Gasteiger partial charge in [-0.25, -0.2) is 0 Å². The molecule has 0 unspecified atom stereocenters. The van der Waals surface area contributed by atoms with Crippen molar-refractivity contribution in [2.24, 2.45) is 17.8 Å². The van der Waals surface area contributed by atoms with Crippen molar-refractivity contribution >= 4 is 17.3 Å². The number of hydrogen-bond acceptors (Lipinski definition) is 3. The summed E-state index contributed by atoms with van der Waals surface area (Å²) in [4.78, 5) is 13.0. The van der Waals surface area contributed by atoms with Gasteiger partial charge in [-0.3, -0.25) is 4.79 Å². The molecule has 2 aliphatic carbocycles. The van der Waals surface area contributed by atoms with Gasteiger partial charge in [-0.1, -0.05) is 30.3 Å². The number of fused-ring (bicyclic) bond motifs is 7. The third-order valence-electron chi connectivity index (χ3n) is 7.86. The summed E-state index contributed by atoms with van der Waals surface area (Å²) in [5.74, 6) is 3.35. The Balaban J connectivity index is 1.32. The van der Waals surface area contributed by atoms with Crippen LogP contribution in [0.2, 0.25) is 0 Å². The number of ether oxygens (including phenoxy) is 1. The Morgan fingerprint density at radius 2 is 1.75 bits per heavy atom. The Hall–Kier alpha value is -3.27. The van der Waals surface area contributed by atoms with Gasteiger partial charge in [-0.15, -0.1) is 0 Å². The number of rotatable bonds is 4. The maximum Gasteiger partial charge on any atom is 0.255 e. The lowest BCUT2D eigenvalue weighted by molar-refractivity contribution is 0.102. The van der Waals surface area contributed by atoms with Gasteiger partial charge in [0, 0.05) is 16.9 Å². The molecular formula is C28H28N2O2. The maximum absolute atomic E-state index is 13.0. The Labute approximate surface area is 189 Å². The minimum absolute atomic E-state index is 0.0668. The molecule has 2 N–H and O–H groups in total. The highest BCUT2D eigenvalue weighted by atomic mass is 16.5. The van der Waals surface area contributed by atoms with Crippen LogP contribution in [0.3, 0.4) is 0 Å². The van der Waals surface area contributed by atoms with E-state index in [4.69, 9.17) is 4.74 Å². The molecule has 3 aromatic rings. The maximum atomic E-state index is 13.0. The van der Waals surface area contributed by atoms with Gasteiger partial charge in [-0.05, 0) is 96.5 Å². The molecule has 3 aromatic carbocycles. The number of benzene rings is 3. The first-order valence-electron chi connectivity index (χ1n) is 11.6. The predicted molar refractivity (Wildman–Crippen MR) is 127 cm³/mol. The van der Waals surface area contributed by atoms with E-state index in [2.05, 4.69) is 53.1 Å². The summed E-state index contributed by atoms with van der Waals surface area (Å²) in [6, 6.07) is 24.9. The van der Waals surface area contributed by atoms with Crippen LogP contribution in [0.25, 0.3) is 0 Å². The summed E-state index contributed by atoms with van der Waals surface area (Å²) in [6.07, 6.45) is 3.97. The summed E-state index contributed by atoms with van der Waals surface area (Å²) >= 11 is 0. The molecule has 4 nitrogen and oxygen atoms in total. The second-order valence-corrected chi connectivity index (χ2v) is 9.45. The minimum Gasteiger partial charge on any atom is -0.497 e. The van der Waals surface area contributed by atoms with Crippen molar-refractivity contribution in [2.75, 3.05) is 17.7 Å². The van der Waals surface area contributed by atoms with Crippen LogP contribution in [-0.4, -0.2) is 13.0 Å². The molecule has 0 aromatic heterocycles. The van der Waals surface area contributed by atoms with E-state index in [0.717, 1.165) is 28.8 Å². The predicted octanol–water partition coefficient (Wildman–Crippen LogP) is 6.24. The summed E-state index contributed by atoms with van der Waals surface area (Å²) in [7, 11) is 1.64. The molecule has 6 rings (SSSR count). The van der Waals surface area contributed by atoms with Gasteiger partial charge in [0.1, 0.15) is 5.75 Å². The van der Waals surface area contributed by atoms with Gasteiger partial charge in [0.05, 0.1) is 13.2 Å². The molecule has 1 amide bonds. The van der Waals surface area contributed by atoms with Gasteiger partial charge in [0.2, 0.25) is 0 Å². The Morgan fingerprint density at radius 3 is 2.53 bits per heavy atom. The van der Waals surface area contributed by atoms with Crippen molar-refractivity contribution in [3.63, 3.8) is 0 Å². The van der Waals surface area contributed by atoms with Gasteiger partial charge < -0.3 is 15.4 Å². The largest absolute Gasteiger partial charge is 0.497 e. The zero-order valence-electron chi connectivity index (χ0n) is 18.3. The topological polar surface area (TPSA) is 50.4 Å². The average Bonchev–Trinajstić information content (AvgIpc) is 3.47. The van der Waals surface area contributed by atoms with Crippen LogP contribution < -0.4 is 15.4 Å². The molecule has 0 saturated heterocycles. The second-order valence-electron chi connectivity index (χ2n) is 9.45. The van der Waals surface area contributed by atoms with E-state index in [-0.39, 0.29) is 5.91 Å². The number of carbonyl (C=O) groups is 1. The fourth-order valence-electron chi connectivity index (χ4n) is 6.50. The van der Waals surface area contributed by atoms with Crippen LogP contribution >= 0.6 is 0 Å². The van der Waals surface area contributed by atoms with E-state index in [1.54, 1.807) is 7.11 Å². The van der Waals surface area contributed by atoms with Gasteiger partial charge in [0.15, 0.2) is 0 Å². The van der Waals surface area contributed by atoms with Gasteiger partial charge in [-0.2, -0.15) is 0 Å². The van der Waals surface area contributed by atoms with Crippen LogP contribution in [0.5, 0.6) is 5.75 Å². The molecule has 2 fully saturated rings. The van der Waals surface area contributed by atoms with Crippen LogP contribution in [0, 0.1) is 17.8 Å².